The summed E-state index contributed by atoms with van der Waals surface area (Å²) < 4.78 is 5.67. The highest BCUT2D eigenvalue weighted by Crippen LogP contribution is 2.33. The average Bonchev–Trinajstić information content (AvgIpc) is 2.96. The van der Waals surface area contributed by atoms with Gasteiger partial charge in [0, 0.05) is 24.1 Å². The molecule has 0 spiro atoms. The van der Waals surface area contributed by atoms with E-state index in [0.717, 1.165) is 18.9 Å². The highest BCUT2D eigenvalue weighted by atomic mass is 16.5. The molecule has 0 bridgehead atoms. The van der Waals surface area contributed by atoms with E-state index >= 15 is 0 Å². The smallest absolute Gasteiger partial charge is 0.122 e. The molecule has 0 amide bonds. The maximum Gasteiger partial charge on any atom is 0.122 e. The van der Waals surface area contributed by atoms with Crippen LogP contribution in [0.2, 0.25) is 0 Å². The molecule has 0 fully saturated rings. The van der Waals surface area contributed by atoms with Gasteiger partial charge >= 0.3 is 0 Å². The predicted molar refractivity (Wildman–Crippen MR) is 64.8 cm³/mol. The molecule has 1 aromatic carbocycles. The predicted octanol–water partition coefficient (Wildman–Crippen LogP) is 2.47. The zero-order chi connectivity index (χ0) is 10.8. The number of para-hydroxylation sites is 1. The summed E-state index contributed by atoms with van der Waals surface area (Å²) >= 11 is 0. The number of hydrogen-bond donors (Lipinski definition) is 1. The Balaban J connectivity index is 1.60. The zero-order valence-corrected chi connectivity index (χ0v) is 9.36. The number of nitrogens with one attached hydrogen (secondary N) is 1. The minimum atomic E-state index is 0.525. The normalized spacial score (nSPS) is 23.4. The van der Waals surface area contributed by atoms with E-state index in [2.05, 4.69) is 35.7 Å². The van der Waals surface area contributed by atoms with Crippen molar-refractivity contribution in [3.63, 3.8) is 0 Å². The fourth-order valence-corrected chi connectivity index (χ4v) is 2.49. The quantitative estimate of drug-likeness (QED) is 0.782. The monoisotopic (exact) mass is 215 g/mol. The topological polar surface area (TPSA) is 21.3 Å². The van der Waals surface area contributed by atoms with Gasteiger partial charge in [-0.3, -0.25) is 0 Å². The Morgan fingerprint density at radius 3 is 2.88 bits per heavy atom. The van der Waals surface area contributed by atoms with Gasteiger partial charge in [0.25, 0.3) is 0 Å². The summed E-state index contributed by atoms with van der Waals surface area (Å²) in [6.45, 7) is 1.86. The molecule has 2 heteroatoms. The van der Waals surface area contributed by atoms with Crippen LogP contribution in [0.4, 0.5) is 0 Å². The molecule has 1 aliphatic carbocycles. The van der Waals surface area contributed by atoms with Crippen molar-refractivity contribution in [3.05, 3.63) is 42.0 Å². The van der Waals surface area contributed by atoms with Crippen molar-refractivity contribution in [1.29, 1.82) is 0 Å². The summed E-state index contributed by atoms with van der Waals surface area (Å²) in [6, 6.07) is 9.02. The lowest BCUT2D eigenvalue weighted by molar-refractivity contribution is 0.322. The van der Waals surface area contributed by atoms with Crippen LogP contribution in [0, 0.1) is 0 Å². The van der Waals surface area contributed by atoms with Crippen LogP contribution in [0.1, 0.15) is 24.3 Å². The van der Waals surface area contributed by atoms with Gasteiger partial charge in [0.05, 0.1) is 6.61 Å². The van der Waals surface area contributed by atoms with Crippen LogP contribution >= 0.6 is 0 Å². The lowest BCUT2D eigenvalue weighted by Gasteiger charge is -2.15. The van der Waals surface area contributed by atoms with Crippen molar-refractivity contribution in [1.82, 2.24) is 5.32 Å². The number of fused-ring (bicyclic) bond motifs is 1. The molecule has 84 valence electrons. The Labute approximate surface area is 96.3 Å². The maximum atomic E-state index is 5.67. The van der Waals surface area contributed by atoms with Crippen LogP contribution in [-0.4, -0.2) is 19.2 Å². The second-order valence-corrected chi connectivity index (χ2v) is 4.59. The van der Waals surface area contributed by atoms with E-state index in [1.807, 2.05) is 6.07 Å². The first-order valence-corrected chi connectivity index (χ1v) is 6.03. The summed E-state index contributed by atoms with van der Waals surface area (Å²) in [5, 5.41) is 3.62. The van der Waals surface area contributed by atoms with Gasteiger partial charge in [-0.15, -0.1) is 0 Å². The molecular formula is C14H17NO. The lowest BCUT2D eigenvalue weighted by Crippen LogP contribution is -2.31. The summed E-state index contributed by atoms with van der Waals surface area (Å²) in [6.07, 6.45) is 6.87. The largest absolute Gasteiger partial charge is 0.493 e. The van der Waals surface area contributed by atoms with Crippen molar-refractivity contribution in [3.8, 4) is 5.75 Å². The van der Waals surface area contributed by atoms with Crippen LogP contribution < -0.4 is 10.1 Å². The molecule has 0 radical (unpaired) electrons. The zero-order valence-electron chi connectivity index (χ0n) is 9.36. The van der Waals surface area contributed by atoms with Gasteiger partial charge in [0.1, 0.15) is 5.75 Å². The van der Waals surface area contributed by atoms with Crippen LogP contribution in [-0.2, 0) is 0 Å². The Hall–Kier alpha value is -1.28. The Morgan fingerprint density at radius 2 is 2.00 bits per heavy atom. The van der Waals surface area contributed by atoms with Crippen molar-refractivity contribution < 1.29 is 4.74 Å². The molecule has 1 aromatic rings. The fourth-order valence-electron chi connectivity index (χ4n) is 2.49. The maximum absolute atomic E-state index is 5.67. The van der Waals surface area contributed by atoms with E-state index in [-0.39, 0.29) is 0 Å². The molecule has 0 saturated heterocycles. The van der Waals surface area contributed by atoms with E-state index in [1.165, 1.54) is 18.4 Å². The number of hydrogen-bond acceptors (Lipinski definition) is 2. The first kappa shape index (κ1) is 9.91. The fraction of sp³-hybridized carbons (Fsp3) is 0.429. The Kier molecular flexibility index (Phi) is 2.66. The number of ether oxygens (including phenoxy) is 1. The van der Waals surface area contributed by atoms with Gasteiger partial charge in [-0.1, -0.05) is 30.4 Å². The molecule has 1 atom stereocenters. The summed E-state index contributed by atoms with van der Waals surface area (Å²) in [5.74, 6) is 1.59. The molecule has 1 aliphatic heterocycles. The van der Waals surface area contributed by atoms with Gasteiger partial charge in [-0.2, -0.15) is 0 Å². The third kappa shape index (κ3) is 1.85. The minimum absolute atomic E-state index is 0.525. The van der Waals surface area contributed by atoms with Crippen molar-refractivity contribution in [2.24, 2.45) is 0 Å². The first-order chi connectivity index (χ1) is 7.93. The molecule has 16 heavy (non-hydrogen) atoms. The van der Waals surface area contributed by atoms with E-state index in [1.54, 1.807) is 0 Å². The van der Waals surface area contributed by atoms with E-state index in [0.29, 0.717) is 12.0 Å². The number of rotatable bonds is 3. The summed E-state index contributed by atoms with van der Waals surface area (Å²) in [7, 11) is 0. The van der Waals surface area contributed by atoms with Gasteiger partial charge in [0.15, 0.2) is 0 Å². The highest BCUT2D eigenvalue weighted by molar-refractivity contribution is 5.39. The molecule has 1 N–H and O–H groups in total. The second-order valence-electron chi connectivity index (χ2n) is 4.59. The summed E-state index contributed by atoms with van der Waals surface area (Å²) in [5.41, 5.74) is 1.36. The molecule has 2 aliphatic rings. The van der Waals surface area contributed by atoms with E-state index in [4.69, 9.17) is 4.74 Å². The molecule has 0 saturated carbocycles. The van der Waals surface area contributed by atoms with Crippen LogP contribution in [0.5, 0.6) is 5.75 Å². The van der Waals surface area contributed by atoms with Gasteiger partial charge in [-0.05, 0) is 18.9 Å². The molecule has 3 rings (SSSR count). The third-order valence-corrected chi connectivity index (χ3v) is 3.46. The first-order valence-electron chi connectivity index (χ1n) is 6.03. The molecule has 1 unspecified atom stereocenters. The SMILES string of the molecule is C1=CCC(NCC2COc3ccccc32)C1. The van der Waals surface area contributed by atoms with Gasteiger partial charge in [-0.25, -0.2) is 0 Å². The molecule has 0 aromatic heterocycles. The van der Waals surface area contributed by atoms with E-state index < -0.39 is 0 Å². The average molecular weight is 215 g/mol. The van der Waals surface area contributed by atoms with Crippen molar-refractivity contribution in [2.45, 2.75) is 24.8 Å². The summed E-state index contributed by atoms with van der Waals surface area (Å²) in [4.78, 5) is 0. The van der Waals surface area contributed by atoms with Gasteiger partial charge in [0.2, 0.25) is 0 Å². The molecular weight excluding hydrogens is 198 g/mol. The number of benzene rings is 1. The second kappa shape index (κ2) is 4.30. The van der Waals surface area contributed by atoms with Gasteiger partial charge < -0.3 is 10.1 Å². The van der Waals surface area contributed by atoms with Crippen molar-refractivity contribution in [2.75, 3.05) is 13.2 Å². The highest BCUT2D eigenvalue weighted by Gasteiger charge is 2.24. The van der Waals surface area contributed by atoms with Crippen LogP contribution in [0.25, 0.3) is 0 Å². The Bertz CT molecular complexity index is 391. The molecule has 2 nitrogen and oxygen atoms in total. The standard InChI is InChI=1S/C14H17NO/c1-2-6-12(5-1)15-9-11-10-16-14-8-4-3-7-13(11)14/h1-4,7-8,11-12,15H,5-6,9-10H2. The van der Waals surface area contributed by atoms with Crippen LogP contribution in [0.3, 0.4) is 0 Å². The lowest BCUT2D eigenvalue weighted by atomic mass is 10.0. The third-order valence-electron chi connectivity index (χ3n) is 3.46. The molecule has 1 heterocycles. The minimum Gasteiger partial charge on any atom is -0.493 e. The Morgan fingerprint density at radius 1 is 1.19 bits per heavy atom. The van der Waals surface area contributed by atoms with Crippen LogP contribution in [0.15, 0.2) is 36.4 Å². The van der Waals surface area contributed by atoms with E-state index in [9.17, 15) is 0 Å². The van der Waals surface area contributed by atoms with Crippen molar-refractivity contribution >= 4 is 0 Å².